The Bertz CT molecular complexity index is 881. The Kier molecular flexibility index (Phi) is 8.37. The van der Waals surface area contributed by atoms with Gasteiger partial charge in [-0.05, 0) is 63.8 Å². The predicted molar refractivity (Wildman–Crippen MR) is 124 cm³/mol. The Morgan fingerprint density at radius 2 is 1.97 bits per heavy atom. The van der Waals surface area contributed by atoms with Gasteiger partial charge in [0.15, 0.2) is 0 Å². The summed E-state index contributed by atoms with van der Waals surface area (Å²) in [5, 5.41) is 8.73. The average Bonchev–Trinajstić information content (AvgIpc) is 3.48. The Balaban J connectivity index is 1.60. The van der Waals surface area contributed by atoms with Gasteiger partial charge in [-0.3, -0.25) is 9.59 Å². The summed E-state index contributed by atoms with van der Waals surface area (Å²) in [6, 6.07) is 10.9. The number of amides is 1. The molecule has 3 atom stereocenters. The van der Waals surface area contributed by atoms with Crippen LogP contribution in [0.1, 0.15) is 70.5 Å². The van der Waals surface area contributed by atoms with E-state index >= 15 is 0 Å². The molecule has 1 heterocycles. The lowest BCUT2D eigenvalue weighted by Gasteiger charge is -2.32. The Labute approximate surface area is 192 Å². The summed E-state index contributed by atoms with van der Waals surface area (Å²) in [5.74, 6) is -0.187. The molecule has 0 saturated heterocycles. The molecule has 0 radical (unpaired) electrons. The van der Waals surface area contributed by atoms with Crippen LogP contribution in [0.3, 0.4) is 0 Å². The van der Waals surface area contributed by atoms with Crippen LogP contribution in [0.4, 0.5) is 0 Å². The van der Waals surface area contributed by atoms with Crippen molar-refractivity contribution in [1.29, 1.82) is 0 Å². The highest BCUT2D eigenvalue weighted by atomic mass is 16.5. The minimum absolute atomic E-state index is 0.0299. The standard InChI is InChI=1S/C26H35NO5/c1-19(2)27(26(30)21-14-12-20(13-15-21)23-10-7-17-32-23)18-22-8-6-9-24(22)31-16-5-3-4-11-25(28)29/h7,10,12-15,17,19,22,24H,3-6,8-9,11,16,18H2,1-2H3,(H,28,29)/i18D. The van der Waals surface area contributed by atoms with Gasteiger partial charge in [-0.2, -0.15) is 0 Å². The van der Waals surface area contributed by atoms with Crippen LogP contribution < -0.4 is 0 Å². The zero-order valence-corrected chi connectivity index (χ0v) is 19.0. The number of carbonyl (C=O) groups excluding carboxylic acids is 1. The number of furan rings is 1. The first kappa shape index (κ1) is 22.6. The molecule has 0 spiro atoms. The molecule has 0 aliphatic heterocycles. The number of benzene rings is 1. The molecule has 1 aromatic heterocycles. The lowest BCUT2D eigenvalue weighted by Crippen LogP contribution is -2.42. The molecule has 32 heavy (non-hydrogen) atoms. The van der Waals surface area contributed by atoms with Gasteiger partial charge >= 0.3 is 5.97 Å². The quantitative estimate of drug-likeness (QED) is 0.431. The van der Waals surface area contributed by atoms with Crippen LogP contribution in [-0.4, -0.2) is 47.2 Å². The molecule has 0 bridgehead atoms. The summed E-state index contributed by atoms with van der Waals surface area (Å²) in [7, 11) is 0. The molecule has 1 aromatic carbocycles. The van der Waals surface area contributed by atoms with Gasteiger partial charge in [0.2, 0.25) is 0 Å². The van der Waals surface area contributed by atoms with Gasteiger partial charge < -0.3 is 19.2 Å². The molecule has 1 fully saturated rings. The van der Waals surface area contributed by atoms with Gasteiger partial charge in [-0.25, -0.2) is 0 Å². The zero-order valence-electron chi connectivity index (χ0n) is 20.0. The van der Waals surface area contributed by atoms with Crippen molar-refractivity contribution >= 4 is 11.9 Å². The van der Waals surface area contributed by atoms with E-state index in [-0.39, 0.29) is 30.4 Å². The molecule has 3 rings (SSSR count). The third-order valence-corrected chi connectivity index (χ3v) is 5.95. The molecule has 3 unspecified atom stereocenters. The fraction of sp³-hybridized carbons (Fsp3) is 0.538. The minimum atomic E-state index is -0.766. The number of aliphatic carboxylic acids is 1. The number of carboxylic acid groups (broad SMARTS) is 1. The van der Waals surface area contributed by atoms with Crippen molar-refractivity contribution in [2.45, 2.75) is 70.9 Å². The van der Waals surface area contributed by atoms with Crippen molar-refractivity contribution in [2.24, 2.45) is 5.92 Å². The van der Waals surface area contributed by atoms with Crippen molar-refractivity contribution in [1.82, 2.24) is 4.90 Å². The number of hydrogen-bond donors (Lipinski definition) is 1. The molecule has 6 nitrogen and oxygen atoms in total. The molecule has 1 aliphatic carbocycles. The van der Waals surface area contributed by atoms with Crippen LogP contribution in [0.2, 0.25) is 0 Å². The number of ether oxygens (including phenoxy) is 1. The van der Waals surface area contributed by atoms with Gasteiger partial charge in [0.05, 0.1) is 12.4 Å². The van der Waals surface area contributed by atoms with E-state index in [1.807, 2.05) is 38.1 Å². The van der Waals surface area contributed by atoms with E-state index in [0.717, 1.165) is 43.4 Å². The van der Waals surface area contributed by atoms with Gasteiger partial charge in [0, 0.05) is 44.0 Å². The van der Waals surface area contributed by atoms with Gasteiger partial charge in [-0.1, -0.05) is 25.0 Å². The smallest absolute Gasteiger partial charge is 0.303 e. The van der Waals surface area contributed by atoms with Crippen LogP contribution in [-0.2, 0) is 9.53 Å². The van der Waals surface area contributed by atoms with Gasteiger partial charge in [-0.15, -0.1) is 0 Å². The Morgan fingerprint density at radius 3 is 2.62 bits per heavy atom. The molecular formula is C26H35NO5. The third kappa shape index (κ3) is 6.70. The van der Waals surface area contributed by atoms with Crippen LogP contribution in [0.25, 0.3) is 11.3 Å². The summed E-state index contributed by atoms with van der Waals surface area (Å²) in [4.78, 5) is 25.7. The van der Waals surface area contributed by atoms with E-state index in [0.29, 0.717) is 18.6 Å². The van der Waals surface area contributed by atoms with Crippen molar-refractivity contribution in [2.75, 3.05) is 13.1 Å². The maximum atomic E-state index is 13.4. The van der Waals surface area contributed by atoms with Crippen LogP contribution in [0, 0.1) is 5.92 Å². The number of hydrogen-bond acceptors (Lipinski definition) is 4. The van der Waals surface area contributed by atoms with E-state index in [1.165, 1.54) is 0 Å². The number of carboxylic acids is 1. The minimum Gasteiger partial charge on any atom is -0.481 e. The second kappa shape index (κ2) is 11.9. The molecule has 1 amide bonds. The number of rotatable bonds is 12. The summed E-state index contributed by atoms with van der Waals surface area (Å²) < 4.78 is 20.5. The lowest BCUT2D eigenvalue weighted by atomic mass is 10.0. The molecule has 2 aromatic rings. The summed E-state index contributed by atoms with van der Waals surface area (Å²) in [6.07, 6.45) is 6.81. The van der Waals surface area contributed by atoms with E-state index in [4.69, 9.17) is 15.6 Å². The molecule has 1 aliphatic rings. The number of carbonyl (C=O) groups is 2. The van der Waals surface area contributed by atoms with E-state index in [1.54, 1.807) is 23.3 Å². The first-order valence-corrected chi connectivity index (χ1v) is 11.6. The second-order valence-electron chi connectivity index (χ2n) is 8.72. The highest BCUT2D eigenvalue weighted by Gasteiger charge is 2.32. The molecule has 6 heteroatoms. The topological polar surface area (TPSA) is 80.0 Å². The largest absolute Gasteiger partial charge is 0.481 e. The summed E-state index contributed by atoms with van der Waals surface area (Å²) in [6.45, 7) is 3.78. The molecule has 1 saturated carbocycles. The Morgan fingerprint density at radius 1 is 1.19 bits per heavy atom. The molecule has 1 N–H and O–H groups in total. The van der Waals surface area contributed by atoms with Crippen LogP contribution >= 0.6 is 0 Å². The second-order valence-corrected chi connectivity index (χ2v) is 8.72. The van der Waals surface area contributed by atoms with Crippen molar-refractivity contribution < 1.29 is 25.2 Å². The maximum absolute atomic E-state index is 13.4. The van der Waals surface area contributed by atoms with Crippen molar-refractivity contribution in [3.8, 4) is 11.3 Å². The SMILES string of the molecule is [2H]C(C1CCCC1OCCCCCC(=O)O)N(C(=O)c1ccc(-c2ccco2)cc1)C(C)C. The van der Waals surface area contributed by atoms with Gasteiger partial charge in [0.25, 0.3) is 5.91 Å². The van der Waals surface area contributed by atoms with Crippen LogP contribution in [0.5, 0.6) is 0 Å². The fourth-order valence-electron chi connectivity index (χ4n) is 4.17. The number of nitrogens with zero attached hydrogens (tertiary/aromatic N) is 1. The molecular weight excluding hydrogens is 406 g/mol. The third-order valence-electron chi connectivity index (χ3n) is 5.95. The van der Waals surface area contributed by atoms with E-state index < -0.39 is 12.5 Å². The van der Waals surface area contributed by atoms with Crippen molar-refractivity contribution in [3.63, 3.8) is 0 Å². The van der Waals surface area contributed by atoms with Gasteiger partial charge in [0.1, 0.15) is 5.76 Å². The fourth-order valence-corrected chi connectivity index (χ4v) is 4.17. The van der Waals surface area contributed by atoms with Crippen molar-refractivity contribution in [3.05, 3.63) is 48.2 Å². The summed E-state index contributed by atoms with van der Waals surface area (Å²) in [5.41, 5.74) is 1.47. The van der Waals surface area contributed by atoms with E-state index in [2.05, 4.69) is 0 Å². The highest BCUT2D eigenvalue weighted by molar-refractivity contribution is 5.94. The lowest BCUT2D eigenvalue weighted by molar-refractivity contribution is -0.137. The number of unbranched alkanes of at least 4 members (excludes halogenated alkanes) is 2. The normalized spacial score (nSPS) is 19.7. The molecule has 174 valence electrons. The summed E-state index contributed by atoms with van der Waals surface area (Å²) >= 11 is 0. The first-order chi connectivity index (χ1) is 15.9. The predicted octanol–water partition coefficient (Wildman–Crippen LogP) is 5.63. The maximum Gasteiger partial charge on any atom is 0.303 e. The zero-order chi connectivity index (χ0) is 23.8. The monoisotopic (exact) mass is 442 g/mol. The highest BCUT2D eigenvalue weighted by Crippen LogP contribution is 2.30. The van der Waals surface area contributed by atoms with E-state index in [9.17, 15) is 9.59 Å². The first-order valence-electron chi connectivity index (χ1n) is 12.2. The Hall–Kier alpha value is -2.60. The van der Waals surface area contributed by atoms with Crippen LogP contribution in [0.15, 0.2) is 47.1 Å². The average molecular weight is 443 g/mol.